The molecule has 19 heavy (non-hydrogen) atoms. The van der Waals surface area contributed by atoms with Crippen molar-refractivity contribution < 1.29 is 9.90 Å². The zero-order valence-electron chi connectivity index (χ0n) is 11.2. The third-order valence-corrected chi connectivity index (χ3v) is 2.63. The fourth-order valence-corrected chi connectivity index (χ4v) is 1.85. The first-order chi connectivity index (χ1) is 9.01. The van der Waals surface area contributed by atoms with E-state index >= 15 is 0 Å². The predicted molar refractivity (Wildman–Crippen MR) is 74.2 cm³/mol. The van der Waals surface area contributed by atoms with Crippen molar-refractivity contribution in [1.82, 2.24) is 4.90 Å². The SMILES string of the molecule is CC(C#N)CN(C)Cc1cccc(C=CC(=O)O)c1. The van der Waals surface area contributed by atoms with Gasteiger partial charge in [-0.1, -0.05) is 24.3 Å². The lowest BCUT2D eigenvalue weighted by molar-refractivity contribution is -0.131. The Morgan fingerprint density at radius 2 is 2.32 bits per heavy atom. The first-order valence-electron chi connectivity index (χ1n) is 6.09. The molecule has 0 heterocycles. The highest BCUT2D eigenvalue weighted by atomic mass is 16.4. The second-order valence-electron chi connectivity index (χ2n) is 4.64. The molecule has 0 fully saturated rings. The highest BCUT2D eigenvalue weighted by Crippen LogP contribution is 2.10. The highest BCUT2D eigenvalue weighted by molar-refractivity contribution is 5.85. The van der Waals surface area contributed by atoms with Gasteiger partial charge < -0.3 is 10.0 Å². The Bertz CT molecular complexity index is 503. The smallest absolute Gasteiger partial charge is 0.328 e. The minimum Gasteiger partial charge on any atom is -0.478 e. The normalized spacial score (nSPS) is 12.5. The molecule has 1 unspecified atom stereocenters. The minimum absolute atomic E-state index is 0.0000823. The van der Waals surface area contributed by atoms with Crippen LogP contribution in [0.2, 0.25) is 0 Å². The number of hydrogen-bond donors (Lipinski definition) is 1. The van der Waals surface area contributed by atoms with Gasteiger partial charge in [0.2, 0.25) is 0 Å². The van der Waals surface area contributed by atoms with Crippen molar-refractivity contribution in [2.75, 3.05) is 13.6 Å². The van der Waals surface area contributed by atoms with Crippen molar-refractivity contribution in [3.63, 3.8) is 0 Å². The summed E-state index contributed by atoms with van der Waals surface area (Å²) in [5, 5.41) is 17.4. The minimum atomic E-state index is -0.953. The third kappa shape index (κ3) is 5.84. The van der Waals surface area contributed by atoms with Crippen molar-refractivity contribution in [2.24, 2.45) is 5.92 Å². The number of aliphatic carboxylic acids is 1. The first kappa shape index (κ1) is 14.9. The van der Waals surface area contributed by atoms with E-state index < -0.39 is 5.97 Å². The van der Waals surface area contributed by atoms with Crippen LogP contribution in [-0.4, -0.2) is 29.6 Å². The van der Waals surface area contributed by atoms with Crippen LogP contribution in [-0.2, 0) is 11.3 Å². The molecular weight excluding hydrogens is 240 g/mol. The van der Waals surface area contributed by atoms with E-state index in [1.807, 2.05) is 38.2 Å². The van der Waals surface area contributed by atoms with Gasteiger partial charge in [0.05, 0.1) is 12.0 Å². The summed E-state index contributed by atoms with van der Waals surface area (Å²) in [6.45, 7) is 3.34. The predicted octanol–water partition coefficient (Wildman–Crippen LogP) is 2.38. The van der Waals surface area contributed by atoms with Crippen molar-refractivity contribution in [3.8, 4) is 6.07 Å². The van der Waals surface area contributed by atoms with Crippen LogP contribution in [0.1, 0.15) is 18.1 Å². The van der Waals surface area contributed by atoms with E-state index in [4.69, 9.17) is 10.4 Å². The van der Waals surface area contributed by atoms with Crippen molar-refractivity contribution in [3.05, 3.63) is 41.5 Å². The number of carboxylic acid groups (broad SMARTS) is 1. The Labute approximate surface area is 113 Å². The van der Waals surface area contributed by atoms with E-state index in [1.165, 1.54) is 0 Å². The van der Waals surface area contributed by atoms with Gasteiger partial charge in [0.15, 0.2) is 0 Å². The molecule has 0 saturated carbocycles. The molecule has 0 bridgehead atoms. The number of carboxylic acids is 1. The number of hydrogen-bond acceptors (Lipinski definition) is 3. The molecule has 100 valence electrons. The number of nitriles is 1. The summed E-state index contributed by atoms with van der Waals surface area (Å²) in [5.41, 5.74) is 1.96. The summed E-state index contributed by atoms with van der Waals surface area (Å²) >= 11 is 0. The average Bonchev–Trinajstić information content (AvgIpc) is 2.36. The molecule has 1 atom stereocenters. The summed E-state index contributed by atoms with van der Waals surface area (Å²) in [4.78, 5) is 12.5. The summed E-state index contributed by atoms with van der Waals surface area (Å²) in [7, 11) is 1.97. The molecule has 0 radical (unpaired) electrons. The van der Waals surface area contributed by atoms with E-state index in [0.717, 1.165) is 23.7 Å². The lowest BCUT2D eigenvalue weighted by Gasteiger charge is -2.17. The van der Waals surface area contributed by atoms with Crippen LogP contribution in [0, 0.1) is 17.2 Å². The largest absolute Gasteiger partial charge is 0.478 e. The molecule has 1 aromatic carbocycles. The fourth-order valence-electron chi connectivity index (χ4n) is 1.85. The summed E-state index contributed by atoms with van der Waals surface area (Å²) in [5.74, 6) is -0.953. The maximum absolute atomic E-state index is 10.5. The molecule has 0 aromatic heterocycles. The standard InChI is InChI=1S/C15H18N2O2/c1-12(9-16)10-17(2)11-14-5-3-4-13(8-14)6-7-15(18)19/h3-8,12H,10-11H2,1-2H3,(H,18,19). The van der Waals surface area contributed by atoms with E-state index in [9.17, 15) is 4.79 Å². The number of carbonyl (C=O) groups is 1. The molecule has 0 aliphatic heterocycles. The Balaban J connectivity index is 2.67. The second kappa shape index (κ2) is 7.34. The summed E-state index contributed by atoms with van der Waals surface area (Å²) in [6.07, 6.45) is 2.70. The Morgan fingerprint density at radius 1 is 1.58 bits per heavy atom. The zero-order chi connectivity index (χ0) is 14.3. The molecule has 4 nitrogen and oxygen atoms in total. The first-order valence-corrected chi connectivity index (χ1v) is 6.09. The van der Waals surface area contributed by atoms with Crippen molar-refractivity contribution >= 4 is 12.0 Å². The maximum atomic E-state index is 10.5. The molecule has 1 rings (SSSR count). The lowest BCUT2D eigenvalue weighted by atomic mass is 10.1. The third-order valence-electron chi connectivity index (χ3n) is 2.63. The number of rotatable bonds is 6. The van der Waals surface area contributed by atoms with Crippen LogP contribution >= 0.6 is 0 Å². The van der Waals surface area contributed by atoms with E-state index in [1.54, 1.807) is 6.08 Å². The Kier molecular flexibility index (Phi) is 5.77. The summed E-state index contributed by atoms with van der Waals surface area (Å²) < 4.78 is 0. The van der Waals surface area contributed by atoms with E-state index in [-0.39, 0.29) is 5.92 Å². The summed E-state index contributed by atoms with van der Waals surface area (Å²) in [6, 6.07) is 9.91. The van der Waals surface area contributed by atoms with Gasteiger partial charge in [0, 0.05) is 19.2 Å². The van der Waals surface area contributed by atoms with Crippen molar-refractivity contribution in [1.29, 1.82) is 5.26 Å². The molecule has 0 aliphatic rings. The van der Waals surface area contributed by atoms with Gasteiger partial charge >= 0.3 is 5.97 Å². The lowest BCUT2D eigenvalue weighted by Crippen LogP contribution is -2.23. The quantitative estimate of drug-likeness (QED) is 0.796. The molecular formula is C15H18N2O2. The number of nitrogens with zero attached hydrogens (tertiary/aromatic N) is 2. The van der Waals surface area contributed by atoms with Crippen LogP contribution < -0.4 is 0 Å². The second-order valence-corrected chi connectivity index (χ2v) is 4.64. The van der Waals surface area contributed by atoms with Gasteiger partial charge in [0.25, 0.3) is 0 Å². The van der Waals surface area contributed by atoms with Gasteiger partial charge in [-0.25, -0.2) is 4.79 Å². The fraction of sp³-hybridized carbons (Fsp3) is 0.333. The number of benzene rings is 1. The average molecular weight is 258 g/mol. The van der Waals surface area contributed by atoms with E-state index in [2.05, 4.69) is 11.0 Å². The Hall–Kier alpha value is -2.12. The topological polar surface area (TPSA) is 64.3 Å². The molecule has 0 spiro atoms. The van der Waals surface area contributed by atoms with Gasteiger partial charge in [-0.15, -0.1) is 0 Å². The molecule has 4 heteroatoms. The molecule has 0 saturated heterocycles. The highest BCUT2D eigenvalue weighted by Gasteiger charge is 2.05. The van der Waals surface area contributed by atoms with Crippen LogP contribution in [0.5, 0.6) is 0 Å². The van der Waals surface area contributed by atoms with Crippen LogP contribution in [0.15, 0.2) is 30.3 Å². The Morgan fingerprint density at radius 3 is 2.95 bits per heavy atom. The van der Waals surface area contributed by atoms with Gasteiger partial charge in [-0.3, -0.25) is 0 Å². The van der Waals surface area contributed by atoms with Crippen LogP contribution in [0.25, 0.3) is 6.08 Å². The monoisotopic (exact) mass is 258 g/mol. The maximum Gasteiger partial charge on any atom is 0.328 e. The van der Waals surface area contributed by atoms with E-state index in [0.29, 0.717) is 6.54 Å². The molecule has 0 aliphatic carbocycles. The van der Waals surface area contributed by atoms with Gasteiger partial charge in [0.1, 0.15) is 0 Å². The molecule has 0 amide bonds. The zero-order valence-corrected chi connectivity index (χ0v) is 11.2. The van der Waals surface area contributed by atoms with Crippen molar-refractivity contribution in [2.45, 2.75) is 13.5 Å². The molecule has 1 N–H and O–H groups in total. The molecule has 1 aromatic rings. The van der Waals surface area contributed by atoms with Crippen LogP contribution in [0.3, 0.4) is 0 Å². The van der Waals surface area contributed by atoms with Gasteiger partial charge in [-0.05, 0) is 31.2 Å². The van der Waals surface area contributed by atoms with Gasteiger partial charge in [-0.2, -0.15) is 5.26 Å². The van der Waals surface area contributed by atoms with Crippen LogP contribution in [0.4, 0.5) is 0 Å².